The van der Waals surface area contributed by atoms with Gasteiger partial charge in [-0.25, -0.2) is 0 Å². The zero-order valence-electron chi connectivity index (χ0n) is 13.7. The van der Waals surface area contributed by atoms with E-state index in [4.69, 9.17) is 9.47 Å². The molecule has 0 saturated carbocycles. The summed E-state index contributed by atoms with van der Waals surface area (Å²) < 4.78 is 10.3. The Morgan fingerprint density at radius 2 is 2.00 bits per heavy atom. The van der Waals surface area contributed by atoms with Crippen LogP contribution in [0.4, 0.5) is 5.69 Å². The summed E-state index contributed by atoms with van der Waals surface area (Å²) in [5.41, 5.74) is 1.14. The molecule has 0 aliphatic carbocycles. The number of nitrogens with zero attached hydrogens (tertiary/aromatic N) is 1. The molecule has 0 radical (unpaired) electrons. The number of hydrogen-bond acceptors (Lipinski definition) is 5. The van der Waals surface area contributed by atoms with Crippen LogP contribution in [0.2, 0.25) is 0 Å². The van der Waals surface area contributed by atoms with Crippen LogP contribution in [0.5, 0.6) is 5.75 Å². The molecule has 1 aliphatic heterocycles. The van der Waals surface area contributed by atoms with E-state index in [0.717, 1.165) is 43.8 Å². The molecule has 1 aliphatic rings. The highest BCUT2D eigenvalue weighted by Gasteiger charge is 2.25. The zero-order chi connectivity index (χ0) is 15.9. The molecule has 1 heterocycles. The fourth-order valence-corrected chi connectivity index (χ4v) is 2.96. The molecule has 1 unspecified atom stereocenters. The molecule has 122 valence electrons. The number of hydrogen-bond donors (Lipinski definition) is 1. The van der Waals surface area contributed by atoms with Crippen LogP contribution in [0, 0.1) is 0 Å². The normalized spacial score (nSPS) is 17.1. The molecule has 1 atom stereocenters. The summed E-state index contributed by atoms with van der Waals surface area (Å²) >= 11 is 0. The summed E-state index contributed by atoms with van der Waals surface area (Å²) in [7, 11) is 3.15. The topological polar surface area (TPSA) is 50.8 Å². The van der Waals surface area contributed by atoms with E-state index in [-0.39, 0.29) is 12.0 Å². The van der Waals surface area contributed by atoms with Gasteiger partial charge in [0.05, 0.1) is 19.9 Å². The number of rotatable bonds is 6. The van der Waals surface area contributed by atoms with Crippen molar-refractivity contribution in [1.82, 2.24) is 5.32 Å². The van der Waals surface area contributed by atoms with Gasteiger partial charge in [0, 0.05) is 19.1 Å². The van der Waals surface area contributed by atoms with Crippen molar-refractivity contribution in [2.75, 3.05) is 32.2 Å². The number of benzene rings is 1. The monoisotopic (exact) mass is 306 g/mol. The summed E-state index contributed by atoms with van der Waals surface area (Å²) in [5.74, 6) is 0.740. The number of ether oxygens (including phenoxy) is 2. The van der Waals surface area contributed by atoms with Crippen LogP contribution in [-0.4, -0.2) is 45.4 Å². The van der Waals surface area contributed by atoms with Gasteiger partial charge in [-0.2, -0.15) is 0 Å². The molecule has 0 aromatic heterocycles. The minimum absolute atomic E-state index is 0.172. The van der Waals surface area contributed by atoms with E-state index in [9.17, 15) is 4.79 Å². The highest BCUT2D eigenvalue weighted by molar-refractivity contribution is 5.75. The van der Waals surface area contributed by atoms with Gasteiger partial charge in [0.2, 0.25) is 0 Å². The largest absolute Gasteiger partial charge is 0.495 e. The maximum Gasteiger partial charge on any atom is 0.322 e. The first-order chi connectivity index (χ1) is 10.7. The van der Waals surface area contributed by atoms with Crippen LogP contribution in [0.25, 0.3) is 0 Å². The molecule has 1 aromatic carbocycles. The van der Waals surface area contributed by atoms with Crippen LogP contribution >= 0.6 is 0 Å². The SMILES string of the molecule is CCC(NC1CCN(c2ccccc2OC)CC1)C(=O)OC. The summed E-state index contributed by atoms with van der Waals surface area (Å²) in [4.78, 5) is 14.0. The van der Waals surface area contributed by atoms with Crippen molar-refractivity contribution in [3.05, 3.63) is 24.3 Å². The standard InChI is InChI=1S/C17H26N2O3/c1-4-14(17(20)22-3)18-13-9-11-19(12-10-13)15-7-5-6-8-16(15)21-2/h5-8,13-14,18H,4,9-12H2,1-3H3. The van der Waals surface area contributed by atoms with Crippen molar-refractivity contribution in [1.29, 1.82) is 0 Å². The fourth-order valence-electron chi connectivity index (χ4n) is 2.96. The lowest BCUT2D eigenvalue weighted by Gasteiger charge is -2.35. The number of carbonyl (C=O) groups is 1. The lowest BCUT2D eigenvalue weighted by molar-refractivity contribution is -0.143. The third-order valence-corrected chi connectivity index (χ3v) is 4.25. The molecule has 22 heavy (non-hydrogen) atoms. The number of para-hydroxylation sites is 2. The van der Waals surface area contributed by atoms with Gasteiger partial charge in [-0.3, -0.25) is 4.79 Å². The van der Waals surface area contributed by atoms with Crippen molar-refractivity contribution in [3.8, 4) is 5.75 Å². The maximum absolute atomic E-state index is 11.7. The van der Waals surface area contributed by atoms with Crippen molar-refractivity contribution >= 4 is 11.7 Å². The second kappa shape index (κ2) is 8.03. The Labute approximate surface area is 132 Å². The van der Waals surface area contributed by atoms with Gasteiger partial charge in [0.15, 0.2) is 0 Å². The Bertz CT molecular complexity index is 485. The van der Waals surface area contributed by atoms with Gasteiger partial charge in [-0.15, -0.1) is 0 Å². The van der Waals surface area contributed by atoms with Gasteiger partial charge in [-0.05, 0) is 31.4 Å². The Morgan fingerprint density at radius 3 is 2.59 bits per heavy atom. The van der Waals surface area contributed by atoms with Crippen molar-refractivity contribution < 1.29 is 14.3 Å². The molecule has 2 rings (SSSR count). The third-order valence-electron chi connectivity index (χ3n) is 4.25. The number of methoxy groups -OCH3 is 2. The average Bonchev–Trinajstić information content (AvgIpc) is 2.59. The number of anilines is 1. The van der Waals surface area contributed by atoms with Crippen molar-refractivity contribution in [2.24, 2.45) is 0 Å². The van der Waals surface area contributed by atoms with Crippen LogP contribution in [0.3, 0.4) is 0 Å². The molecule has 1 aromatic rings. The van der Waals surface area contributed by atoms with E-state index >= 15 is 0 Å². The minimum Gasteiger partial charge on any atom is -0.495 e. The summed E-state index contributed by atoms with van der Waals surface area (Å²) in [6.45, 7) is 3.91. The van der Waals surface area contributed by atoms with E-state index in [2.05, 4.69) is 16.3 Å². The molecule has 5 heteroatoms. The summed E-state index contributed by atoms with van der Waals surface area (Å²) in [5, 5.41) is 3.42. The van der Waals surface area contributed by atoms with E-state index in [0.29, 0.717) is 6.04 Å². The van der Waals surface area contributed by atoms with Crippen molar-refractivity contribution in [2.45, 2.75) is 38.3 Å². The lowest BCUT2D eigenvalue weighted by Crippen LogP contribution is -2.49. The highest BCUT2D eigenvalue weighted by atomic mass is 16.5. The predicted octanol–water partition coefficient (Wildman–Crippen LogP) is 2.21. The number of piperidine rings is 1. The second-order valence-electron chi connectivity index (χ2n) is 5.58. The second-order valence-corrected chi connectivity index (χ2v) is 5.58. The van der Waals surface area contributed by atoms with Gasteiger partial charge in [0.25, 0.3) is 0 Å². The first-order valence-corrected chi connectivity index (χ1v) is 7.91. The molecule has 0 amide bonds. The Balaban J connectivity index is 1.91. The molecule has 0 spiro atoms. The van der Waals surface area contributed by atoms with Gasteiger partial charge in [0.1, 0.15) is 11.8 Å². The minimum atomic E-state index is -0.201. The lowest BCUT2D eigenvalue weighted by atomic mass is 10.0. The van der Waals surface area contributed by atoms with Crippen LogP contribution < -0.4 is 15.0 Å². The first kappa shape index (κ1) is 16.6. The molecule has 1 saturated heterocycles. The first-order valence-electron chi connectivity index (χ1n) is 7.91. The van der Waals surface area contributed by atoms with Gasteiger partial charge < -0.3 is 19.7 Å². The van der Waals surface area contributed by atoms with E-state index in [1.165, 1.54) is 7.11 Å². The van der Waals surface area contributed by atoms with Crippen LogP contribution in [0.15, 0.2) is 24.3 Å². The van der Waals surface area contributed by atoms with E-state index in [1.54, 1.807) is 7.11 Å². The molecule has 5 nitrogen and oxygen atoms in total. The Hall–Kier alpha value is -1.75. The third kappa shape index (κ3) is 3.91. The predicted molar refractivity (Wildman–Crippen MR) is 87.5 cm³/mol. The van der Waals surface area contributed by atoms with Crippen LogP contribution in [-0.2, 0) is 9.53 Å². The number of nitrogens with one attached hydrogen (secondary N) is 1. The molecule has 1 N–H and O–H groups in total. The molecule has 0 bridgehead atoms. The fraction of sp³-hybridized carbons (Fsp3) is 0.588. The van der Waals surface area contributed by atoms with Crippen molar-refractivity contribution in [3.63, 3.8) is 0 Å². The van der Waals surface area contributed by atoms with Gasteiger partial charge in [-0.1, -0.05) is 19.1 Å². The maximum atomic E-state index is 11.7. The average molecular weight is 306 g/mol. The smallest absolute Gasteiger partial charge is 0.322 e. The quantitative estimate of drug-likeness (QED) is 0.817. The number of carbonyl (C=O) groups excluding carboxylic acids is 1. The van der Waals surface area contributed by atoms with E-state index < -0.39 is 0 Å². The molecular weight excluding hydrogens is 280 g/mol. The van der Waals surface area contributed by atoms with E-state index in [1.807, 2.05) is 25.1 Å². The van der Waals surface area contributed by atoms with Crippen LogP contribution in [0.1, 0.15) is 26.2 Å². The molecular formula is C17H26N2O3. The number of esters is 1. The molecule has 1 fully saturated rings. The highest BCUT2D eigenvalue weighted by Crippen LogP contribution is 2.29. The zero-order valence-corrected chi connectivity index (χ0v) is 13.7. The summed E-state index contributed by atoms with van der Waals surface area (Å²) in [6, 6.07) is 8.26. The Morgan fingerprint density at radius 1 is 1.32 bits per heavy atom. The summed E-state index contributed by atoms with van der Waals surface area (Å²) in [6.07, 6.45) is 2.76. The van der Waals surface area contributed by atoms with Gasteiger partial charge >= 0.3 is 5.97 Å². The Kier molecular flexibility index (Phi) is 6.07.